The second-order valence-electron chi connectivity index (χ2n) is 5.31. The molecule has 2 amide bonds. The van der Waals surface area contributed by atoms with Gasteiger partial charge in [0.1, 0.15) is 22.5 Å². The van der Waals surface area contributed by atoms with Crippen LogP contribution in [0.4, 0.5) is 5.69 Å². The Hall–Kier alpha value is -2.45. The minimum absolute atomic E-state index is 0.151. The quantitative estimate of drug-likeness (QED) is 0.846. The van der Waals surface area contributed by atoms with Gasteiger partial charge in [0.2, 0.25) is 5.91 Å². The monoisotopic (exact) mass is 346 g/mol. The number of hydrogen-bond acceptors (Lipinski definition) is 6. The fourth-order valence-corrected chi connectivity index (χ4v) is 3.30. The number of benzene rings is 1. The van der Waals surface area contributed by atoms with Gasteiger partial charge in [-0.05, 0) is 18.6 Å². The van der Waals surface area contributed by atoms with Crippen molar-refractivity contribution < 1.29 is 14.3 Å². The summed E-state index contributed by atoms with van der Waals surface area (Å²) in [7, 11) is 1.57. The molecular weight excluding hydrogens is 328 g/mol. The molecule has 126 valence electrons. The van der Waals surface area contributed by atoms with Crippen LogP contribution in [0.2, 0.25) is 0 Å². The number of nitrogens with zero attached hydrogens (tertiary/aromatic N) is 2. The van der Waals surface area contributed by atoms with Crippen LogP contribution in [0, 0.1) is 0 Å². The molecule has 24 heavy (non-hydrogen) atoms. The predicted octanol–water partition coefficient (Wildman–Crippen LogP) is 1.15. The highest BCUT2D eigenvalue weighted by molar-refractivity contribution is 7.09. The Kier molecular flexibility index (Phi) is 4.77. The van der Waals surface area contributed by atoms with Crippen molar-refractivity contribution in [3.63, 3.8) is 0 Å². The van der Waals surface area contributed by atoms with Crippen LogP contribution >= 0.6 is 11.3 Å². The molecule has 8 heteroatoms. The number of hydrogen-bond donors (Lipinski definition) is 2. The van der Waals surface area contributed by atoms with E-state index in [2.05, 4.69) is 10.3 Å². The van der Waals surface area contributed by atoms with Gasteiger partial charge in [0.15, 0.2) is 0 Å². The number of rotatable bonds is 5. The van der Waals surface area contributed by atoms with E-state index in [1.54, 1.807) is 23.5 Å². The maximum atomic E-state index is 12.6. The maximum absolute atomic E-state index is 12.6. The lowest BCUT2D eigenvalue weighted by Crippen LogP contribution is -2.41. The van der Waals surface area contributed by atoms with Gasteiger partial charge in [-0.15, -0.1) is 11.3 Å². The van der Waals surface area contributed by atoms with E-state index >= 15 is 0 Å². The Morgan fingerprint density at radius 3 is 3.00 bits per heavy atom. The molecule has 1 aromatic heterocycles. The van der Waals surface area contributed by atoms with Crippen LogP contribution < -0.4 is 20.7 Å². The third kappa shape index (κ3) is 3.10. The molecular formula is C16H18N4O3S. The van der Waals surface area contributed by atoms with Crippen LogP contribution in [0.3, 0.4) is 0 Å². The fraction of sp³-hybridized carbons (Fsp3) is 0.312. The van der Waals surface area contributed by atoms with E-state index in [0.717, 1.165) is 0 Å². The zero-order chi connectivity index (χ0) is 17.1. The molecule has 3 rings (SSSR count). The minimum Gasteiger partial charge on any atom is -0.495 e. The van der Waals surface area contributed by atoms with E-state index in [1.165, 1.54) is 11.3 Å². The molecule has 0 bridgehead atoms. The van der Waals surface area contributed by atoms with Crippen molar-refractivity contribution in [1.29, 1.82) is 0 Å². The SMILES string of the molecule is COc1ccccc1N1CCC(NC(=O)c2csc(CN)n2)C1=O. The van der Waals surface area contributed by atoms with Crippen LogP contribution in [0.5, 0.6) is 5.75 Å². The van der Waals surface area contributed by atoms with Crippen LogP contribution in [-0.4, -0.2) is 36.5 Å². The Bertz CT molecular complexity index is 761. The van der Waals surface area contributed by atoms with Crippen LogP contribution in [0.15, 0.2) is 29.6 Å². The summed E-state index contributed by atoms with van der Waals surface area (Å²) in [5.74, 6) is 0.123. The first-order chi connectivity index (χ1) is 11.6. The van der Waals surface area contributed by atoms with Gasteiger partial charge in [0, 0.05) is 18.5 Å². The van der Waals surface area contributed by atoms with Gasteiger partial charge >= 0.3 is 0 Å². The molecule has 0 radical (unpaired) electrons. The number of anilines is 1. The molecule has 0 aliphatic carbocycles. The Morgan fingerprint density at radius 1 is 1.50 bits per heavy atom. The average molecular weight is 346 g/mol. The summed E-state index contributed by atoms with van der Waals surface area (Å²) in [6.45, 7) is 0.817. The summed E-state index contributed by atoms with van der Waals surface area (Å²) in [5, 5.41) is 5.09. The first-order valence-electron chi connectivity index (χ1n) is 7.53. The molecule has 2 aromatic rings. The summed E-state index contributed by atoms with van der Waals surface area (Å²) >= 11 is 1.33. The summed E-state index contributed by atoms with van der Waals surface area (Å²) in [6, 6.07) is 6.76. The highest BCUT2D eigenvalue weighted by atomic mass is 32.1. The number of amides is 2. The first-order valence-corrected chi connectivity index (χ1v) is 8.41. The van der Waals surface area contributed by atoms with Gasteiger partial charge in [0.05, 0.1) is 12.8 Å². The van der Waals surface area contributed by atoms with Crippen LogP contribution in [0.25, 0.3) is 0 Å². The van der Waals surface area contributed by atoms with E-state index in [1.807, 2.05) is 18.2 Å². The van der Waals surface area contributed by atoms with Crippen molar-refractivity contribution in [3.05, 3.63) is 40.3 Å². The Labute approximate surface area is 143 Å². The number of nitrogens with two attached hydrogens (primary N) is 1. The first kappa shape index (κ1) is 16.4. The largest absolute Gasteiger partial charge is 0.495 e. The smallest absolute Gasteiger partial charge is 0.271 e. The molecule has 1 aromatic carbocycles. The summed E-state index contributed by atoms with van der Waals surface area (Å²) in [4.78, 5) is 30.6. The molecule has 1 unspecified atom stereocenters. The standard InChI is InChI=1S/C16H18N4O3S/c1-23-13-5-3-2-4-12(13)20-7-6-10(16(20)22)19-15(21)11-9-24-14(8-17)18-11/h2-5,9-10H,6-8,17H2,1H3,(H,19,21). The predicted molar refractivity (Wildman–Crippen MR) is 91.2 cm³/mol. The molecule has 0 spiro atoms. The number of nitrogens with one attached hydrogen (secondary N) is 1. The van der Waals surface area contributed by atoms with Gasteiger partial charge in [-0.25, -0.2) is 4.98 Å². The van der Waals surface area contributed by atoms with Gasteiger partial charge in [-0.1, -0.05) is 12.1 Å². The number of thiazole rings is 1. The molecule has 1 aliphatic rings. The maximum Gasteiger partial charge on any atom is 0.271 e. The molecule has 1 aliphatic heterocycles. The third-order valence-corrected chi connectivity index (χ3v) is 4.72. The van der Waals surface area contributed by atoms with Crippen LogP contribution in [-0.2, 0) is 11.3 Å². The normalized spacial score (nSPS) is 17.2. The van der Waals surface area contributed by atoms with Gasteiger partial charge in [-0.2, -0.15) is 0 Å². The lowest BCUT2D eigenvalue weighted by atomic mass is 10.2. The van der Waals surface area contributed by atoms with Gasteiger partial charge in [-0.3, -0.25) is 9.59 Å². The number of methoxy groups -OCH3 is 1. The van der Waals surface area contributed by atoms with Crippen LogP contribution in [0.1, 0.15) is 21.9 Å². The van der Waals surface area contributed by atoms with E-state index < -0.39 is 6.04 Å². The molecule has 2 heterocycles. The zero-order valence-corrected chi connectivity index (χ0v) is 14.0. The van der Waals surface area contributed by atoms with Crippen molar-refractivity contribution in [3.8, 4) is 5.75 Å². The minimum atomic E-state index is -0.564. The highest BCUT2D eigenvalue weighted by Gasteiger charge is 2.35. The molecule has 0 saturated carbocycles. The Balaban J connectivity index is 1.71. The third-order valence-electron chi connectivity index (χ3n) is 3.85. The van der Waals surface area contributed by atoms with E-state index in [0.29, 0.717) is 41.6 Å². The van der Waals surface area contributed by atoms with Crippen molar-refractivity contribution in [2.45, 2.75) is 19.0 Å². The van der Waals surface area contributed by atoms with Crippen molar-refractivity contribution >= 4 is 28.8 Å². The van der Waals surface area contributed by atoms with Crippen molar-refractivity contribution in [2.24, 2.45) is 5.73 Å². The van der Waals surface area contributed by atoms with Gasteiger partial charge in [0.25, 0.3) is 5.91 Å². The number of ether oxygens (including phenoxy) is 1. The second kappa shape index (κ2) is 6.98. The number of aromatic nitrogens is 1. The Morgan fingerprint density at radius 2 is 2.29 bits per heavy atom. The lowest BCUT2D eigenvalue weighted by Gasteiger charge is -2.19. The van der Waals surface area contributed by atoms with Crippen molar-refractivity contribution in [2.75, 3.05) is 18.6 Å². The molecule has 7 nitrogen and oxygen atoms in total. The number of para-hydroxylation sites is 2. The number of carbonyl (C=O) groups excluding carboxylic acids is 2. The highest BCUT2D eigenvalue weighted by Crippen LogP contribution is 2.31. The van der Waals surface area contributed by atoms with Gasteiger partial charge < -0.3 is 20.7 Å². The topological polar surface area (TPSA) is 97.6 Å². The van der Waals surface area contributed by atoms with Crippen molar-refractivity contribution in [1.82, 2.24) is 10.3 Å². The molecule has 1 atom stereocenters. The summed E-state index contributed by atoms with van der Waals surface area (Å²) in [6.07, 6.45) is 0.538. The fourth-order valence-electron chi connectivity index (χ4n) is 2.65. The average Bonchev–Trinajstić information content (AvgIpc) is 3.22. The zero-order valence-electron chi connectivity index (χ0n) is 13.2. The summed E-state index contributed by atoms with van der Waals surface area (Å²) in [5.41, 5.74) is 6.51. The lowest BCUT2D eigenvalue weighted by molar-refractivity contribution is -0.118. The molecule has 1 fully saturated rings. The van der Waals surface area contributed by atoms with E-state index in [4.69, 9.17) is 10.5 Å². The number of carbonyl (C=O) groups is 2. The summed E-state index contributed by atoms with van der Waals surface area (Å²) < 4.78 is 5.31. The molecule has 1 saturated heterocycles. The second-order valence-corrected chi connectivity index (χ2v) is 6.25. The van der Waals surface area contributed by atoms with E-state index in [9.17, 15) is 9.59 Å². The molecule has 3 N–H and O–H groups in total. The van der Waals surface area contributed by atoms with E-state index in [-0.39, 0.29) is 11.8 Å².